The van der Waals surface area contributed by atoms with Crippen LogP contribution >= 0.6 is 31.9 Å². The van der Waals surface area contributed by atoms with E-state index >= 15 is 0 Å². The normalized spacial score (nSPS) is 10.6. The van der Waals surface area contributed by atoms with E-state index in [4.69, 9.17) is 4.74 Å². The summed E-state index contributed by atoms with van der Waals surface area (Å²) in [6, 6.07) is 3.87. The highest BCUT2D eigenvalue weighted by Gasteiger charge is 2.06. The van der Waals surface area contributed by atoms with Gasteiger partial charge < -0.3 is 10.2 Å². The Morgan fingerprint density at radius 1 is 1.36 bits per heavy atom. The molecule has 1 N–H and O–H groups in total. The van der Waals surface area contributed by atoms with Gasteiger partial charge in [0.1, 0.15) is 5.75 Å². The molecular formula is C9H10Br2N2O. The quantitative estimate of drug-likeness (QED) is 0.686. The molecular weight excluding hydrogens is 312 g/mol. The molecule has 0 aliphatic rings. The third-order valence-electron chi connectivity index (χ3n) is 1.57. The van der Waals surface area contributed by atoms with Gasteiger partial charge in [0.05, 0.1) is 22.3 Å². The lowest BCUT2D eigenvalue weighted by Crippen LogP contribution is -1.95. The molecule has 0 aliphatic heterocycles. The van der Waals surface area contributed by atoms with Crippen molar-refractivity contribution in [3.05, 3.63) is 26.6 Å². The van der Waals surface area contributed by atoms with Crippen LogP contribution in [0.3, 0.4) is 0 Å². The first kappa shape index (κ1) is 11.5. The van der Waals surface area contributed by atoms with Gasteiger partial charge in [0.2, 0.25) is 0 Å². The molecule has 0 aliphatic carbocycles. The second-order valence-corrected chi connectivity index (χ2v) is 4.21. The van der Waals surface area contributed by atoms with Crippen molar-refractivity contribution in [2.75, 3.05) is 14.2 Å². The minimum absolute atomic E-state index is 0.784. The van der Waals surface area contributed by atoms with E-state index in [0.29, 0.717) is 0 Å². The van der Waals surface area contributed by atoms with Crippen molar-refractivity contribution in [1.29, 1.82) is 0 Å². The van der Waals surface area contributed by atoms with Crippen molar-refractivity contribution in [2.45, 2.75) is 0 Å². The fourth-order valence-corrected chi connectivity index (χ4v) is 2.53. The molecule has 0 radical (unpaired) electrons. The van der Waals surface area contributed by atoms with Crippen LogP contribution in [0.15, 0.2) is 26.2 Å². The summed E-state index contributed by atoms with van der Waals surface area (Å²) in [5.74, 6) is 0.784. The van der Waals surface area contributed by atoms with E-state index in [1.54, 1.807) is 20.4 Å². The Balaban J connectivity index is 3.07. The number of ether oxygens (including phenoxy) is 1. The molecule has 0 atom stereocenters. The first-order chi connectivity index (χ1) is 6.69. The molecule has 0 spiro atoms. The molecule has 76 valence electrons. The smallest absolute Gasteiger partial charge is 0.147 e. The molecule has 0 saturated carbocycles. The number of nitrogens with zero attached hydrogens (tertiary/aromatic N) is 1. The highest BCUT2D eigenvalue weighted by atomic mass is 79.9. The number of methoxy groups -OCH3 is 1. The van der Waals surface area contributed by atoms with Gasteiger partial charge in [-0.15, -0.1) is 0 Å². The summed E-state index contributed by atoms with van der Waals surface area (Å²) in [5.41, 5.74) is 3.68. The Kier molecular flexibility index (Phi) is 4.41. The van der Waals surface area contributed by atoms with Crippen molar-refractivity contribution in [1.82, 2.24) is 5.43 Å². The molecule has 0 heterocycles. The van der Waals surface area contributed by atoms with Crippen LogP contribution in [0.5, 0.6) is 5.75 Å². The lowest BCUT2D eigenvalue weighted by molar-refractivity contribution is 0.409. The van der Waals surface area contributed by atoms with E-state index in [-0.39, 0.29) is 0 Å². The van der Waals surface area contributed by atoms with Gasteiger partial charge in [-0.2, -0.15) is 5.10 Å². The minimum atomic E-state index is 0.784. The van der Waals surface area contributed by atoms with E-state index in [1.165, 1.54) is 0 Å². The van der Waals surface area contributed by atoms with Crippen LogP contribution in [0.4, 0.5) is 0 Å². The molecule has 1 aromatic carbocycles. The first-order valence-electron chi connectivity index (χ1n) is 3.92. The minimum Gasteiger partial charge on any atom is -0.494 e. The molecule has 0 aromatic heterocycles. The predicted octanol–water partition coefficient (Wildman–Crippen LogP) is 2.77. The maximum Gasteiger partial charge on any atom is 0.147 e. The molecule has 0 saturated heterocycles. The number of hydrogen-bond acceptors (Lipinski definition) is 3. The summed E-state index contributed by atoms with van der Waals surface area (Å²) in [5, 5.41) is 3.92. The number of hydrogen-bond donors (Lipinski definition) is 1. The third-order valence-corrected chi connectivity index (χ3v) is 2.75. The summed E-state index contributed by atoms with van der Waals surface area (Å²) < 4.78 is 6.97. The predicted molar refractivity (Wildman–Crippen MR) is 65.0 cm³/mol. The van der Waals surface area contributed by atoms with Gasteiger partial charge in [0.15, 0.2) is 0 Å². The van der Waals surface area contributed by atoms with E-state index in [0.717, 1.165) is 20.3 Å². The number of nitrogens with one attached hydrogen (secondary N) is 1. The molecule has 5 heteroatoms. The van der Waals surface area contributed by atoms with E-state index < -0.39 is 0 Å². The van der Waals surface area contributed by atoms with Crippen LogP contribution in [0.1, 0.15) is 5.56 Å². The molecule has 1 rings (SSSR count). The summed E-state index contributed by atoms with van der Waals surface area (Å²) in [4.78, 5) is 0. The topological polar surface area (TPSA) is 33.6 Å². The Morgan fingerprint density at radius 3 is 2.36 bits per heavy atom. The van der Waals surface area contributed by atoms with Gasteiger partial charge in [-0.3, -0.25) is 0 Å². The first-order valence-corrected chi connectivity index (χ1v) is 5.50. The Labute approximate surface area is 99.8 Å². The summed E-state index contributed by atoms with van der Waals surface area (Å²) in [6.45, 7) is 0. The zero-order chi connectivity index (χ0) is 10.6. The zero-order valence-electron chi connectivity index (χ0n) is 7.84. The van der Waals surface area contributed by atoms with Gasteiger partial charge in [0.25, 0.3) is 0 Å². The second-order valence-electron chi connectivity index (χ2n) is 2.50. The Bertz CT molecular complexity index is 330. The van der Waals surface area contributed by atoms with Gasteiger partial charge >= 0.3 is 0 Å². The maximum absolute atomic E-state index is 5.18. The van der Waals surface area contributed by atoms with Crippen molar-refractivity contribution < 1.29 is 4.74 Å². The van der Waals surface area contributed by atoms with Crippen LogP contribution in [-0.4, -0.2) is 20.4 Å². The monoisotopic (exact) mass is 320 g/mol. The number of benzene rings is 1. The van der Waals surface area contributed by atoms with Crippen LogP contribution < -0.4 is 10.2 Å². The lowest BCUT2D eigenvalue weighted by Gasteiger charge is -2.06. The third kappa shape index (κ3) is 2.72. The molecule has 1 aromatic rings. The molecule has 3 nitrogen and oxygen atoms in total. The van der Waals surface area contributed by atoms with Crippen LogP contribution in [-0.2, 0) is 0 Å². The van der Waals surface area contributed by atoms with Gasteiger partial charge in [-0.1, -0.05) is 0 Å². The second kappa shape index (κ2) is 5.36. The van der Waals surface area contributed by atoms with Crippen LogP contribution in [0.2, 0.25) is 0 Å². The Morgan fingerprint density at radius 2 is 1.93 bits per heavy atom. The summed E-state index contributed by atoms with van der Waals surface area (Å²) >= 11 is 6.83. The number of hydrazone groups is 1. The number of rotatable bonds is 3. The van der Waals surface area contributed by atoms with Crippen molar-refractivity contribution in [3.63, 3.8) is 0 Å². The zero-order valence-corrected chi connectivity index (χ0v) is 11.0. The highest BCUT2D eigenvalue weighted by molar-refractivity contribution is 9.11. The van der Waals surface area contributed by atoms with Crippen LogP contribution in [0.25, 0.3) is 0 Å². The lowest BCUT2D eigenvalue weighted by atomic mass is 10.2. The average molecular weight is 322 g/mol. The van der Waals surface area contributed by atoms with Gasteiger partial charge in [-0.25, -0.2) is 0 Å². The van der Waals surface area contributed by atoms with Gasteiger partial charge in [0, 0.05) is 7.05 Å². The van der Waals surface area contributed by atoms with Crippen molar-refractivity contribution in [2.24, 2.45) is 5.10 Å². The summed E-state index contributed by atoms with van der Waals surface area (Å²) in [6.07, 6.45) is 1.73. The van der Waals surface area contributed by atoms with Crippen LogP contribution in [0, 0.1) is 0 Å². The molecule has 0 fully saturated rings. The highest BCUT2D eigenvalue weighted by Crippen LogP contribution is 2.33. The fourth-order valence-electron chi connectivity index (χ4n) is 0.988. The Hall–Kier alpha value is -0.550. The van der Waals surface area contributed by atoms with Gasteiger partial charge in [-0.05, 0) is 49.6 Å². The molecule has 0 bridgehead atoms. The largest absolute Gasteiger partial charge is 0.494 e. The molecule has 14 heavy (non-hydrogen) atoms. The fraction of sp³-hybridized carbons (Fsp3) is 0.222. The van der Waals surface area contributed by atoms with Crippen molar-refractivity contribution in [3.8, 4) is 5.75 Å². The van der Waals surface area contributed by atoms with E-state index in [1.807, 2.05) is 12.1 Å². The standard InChI is InChI=1S/C9H10Br2N2O/c1-12-13-5-6-3-7(10)9(14-2)8(11)4-6/h3-5,12H,1-2H3/b13-5+. The van der Waals surface area contributed by atoms with E-state index in [9.17, 15) is 0 Å². The average Bonchev–Trinajstić information content (AvgIpc) is 2.14. The number of halogens is 2. The van der Waals surface area contributed by atoms with Crippen molar-refractivity contribution >= 4 is 38.1 Å². The van der Waals surface area contributed by atoms with E-state index in [2.05, 4.69) is 42.4 Å². The summed E-state index contributed by atoms with van der Waals surface area (Å²) in [7, 11) is 3.39. The molecule has 0 unspecified atom stereocenters. The maximum atomic E-state index is 5.18. The molecule has 0 amide bonds. The SMILES string of the molecule is CN/N=C/c1cc(Br)c(OC)c(Br)c1.